The van der Waals surface area contributed by atoms with E-state index in [1.807, 2.05) is 30.3 Å². The van der Waals surface area contributed by atoms with Crippen molar-refractivity contribution in [1.82, 2.24) is 9.80 Å². The minimum atomic E-state index is 0.220. The third-order valence-electron chi connectivity index (χ3n) is 6.05. The molecule has 0 aromatic heterocycles. The highest BCUT2D eigenvalue weighted by Crippen LogP contribution is 2.39. The van der Waals surface area contributed by atoms with Gasteiger partial charge < -0.3 is 10.0 Å². The number of likely N-dealkylation sites (tertiary alicyclic amines) is 2. The van der Waals surface area contributed by atoms with Gasteiger partial charge in [0.1, 0.15) is 5.75 Å². The second-order valence-corrected chi connectivity index (χ2v) is 8.22. The molecule has 4 heteroatoms. The maximum atomic E-state index is 12.5. The molecule has 2 aliphatic rings. The standard InChI is InChI=1S/C23H28N2O2/c26-21-9-7-20(8-10-21)15-24-14-4-12-23(17-24)13-11-22(27)25(18-23)16-19-5-2-1-3-6-19/h1-3,5-10,26H,4,11-18H2/t23-/m1/s1. The molecule has 2 aromatic carbocycles. The van der Waals surface area contributed by atoms with E-state index < -0.39 is 0 Å². The normalized spacial score (nSPS) is 23.7. The van der Waals surface area contributed by atoms with Crippen LogP contribution in [0.25, 0.3) is 0 Å². The van der Waals surface area contributed by atoms with Crippen LogP contribution in [0, 0.1) is 5.41 Å². The first-order valence-electron chi connectivity index (χ1n) is 9.94. The highest BCUT2D eigenvalue weighted by Gasteiger charge is 2.41. The fraction of sp³-hybridized carbons (Fsp3) is 0.435. The first kappa shape index (κ1) is 18.1. The number of rotatable bonds is 4. The molecule has 0 saturated carbocycles. The van der Waals surface area contributed by atoms with Crippen LogP contribution in [-0.4, -0.2) is 40.4 Å². The predicted octanol–water partition coefficient (Wildman–Crippen LogP) is 3.80. The molecule has 1 atom stereocenters. The van der Waals surface area contributed by atoms with E-state index in [2.05, 4.69) is 21.9 Å². The second kappa shape index (κ2) is 7.73. The van der Waals surface area contributed by atoms with Crippen LogP contribution in [0.5, 0.6) is 5.75 Å². The zero-order chi connectivity index (χ0) is 18.7. The third kappa shape index (κ3) is 4.33. The lowest BCUT2D eigenvalue weighted by molar-refractivity contribution is -0.140. The van der Waals surface area contributed by atoms with Gasteiger partial charge in [-0.15, -0.1) is 0 Å². The van der Waals surface area contributed by atoms with Crippen molar-refractivity contribution in [2.45, 2.75) is 38.8 Å². The topological polar surface area (TPSA) is 43.8 Å². The number of carbonyl (C=O) groups is 1. The van der Waals surface area contributed by atoms with Crippen molar-refractivity contribution < 1.29 is 9.90 Å². The highest BCUT2D eigenvalue weighted by atomic mass is 16.3. The summed E-state index contributed by atoms with van der Waals surface area (Å²) < 4.78 is 0. The summed E-state index contributed by atoms with van der Waals surface area (Å²) in [5.74, 6) is 0.608. The van der Waals surface area contributed by atoms with Crippen LogP contribution in [0.1, 0.15) is 36.8 Å². The number of piperidine rings is 2. The average Bonchev–Trinajstić information content (AvgIpc) is 2.68. The average molecular weight is 364 g/mol. The van der Waals surface area contributed by atoms with Gasteiger partial charge in [-0.25, -0.2) is 0 Å². The molecular formula is C23H28N2O2. The van der Waals surface area contributed by atoms with Crippen molar-refractivity contribution in [3.8, 4) is 5.75 Å². The molecule has 142 valence electrons. The molecule has 4 rings (SSSR count). The van der Waals surface area contributed by atoms with Crippen LogP contribution >= 0.6 is 0 Å². The van der Waals surface area contributed by atoms with Crippen molar-refractivity contribution in [1.29, 1.82) is 0 Å². The Kier molecular flexibility index (Phi) is 5.17. The summed E-state index contributed by atoms with van der Waals surface area (Å²) in [6, 6.07) is 17.8. The Hall–Kier alpha value is -2.33. The Bertz CT molecular complexity index is 775. The number of aromatic hydroxyl groups is 1. The van der Waals surface area contributed by atoms with Crippen LogP contribution in [-0.2, 0) is 17.9 Å². The number of phenolic OH excluding ortho intramolecular Hbond substituents is 1. The summed E-state index contributed by atoms with van der Waals surface area (Å²) in [6.07, 6.45) is 4.06. The summed E-state index contributed by atoms with van der Waals surface area (Å²) in [5.41, 5.74) is 2.66. The molecule has 0 unspecified atom stereocenters. The smallest absolute Gasteiger partial charge is 0.222 e. The molecule has 2 aliphatic heterocycles. The number of phenols is 1. The molecule has 2 fully saturated rings. The van der Waals surface area contributed by atoms with E-state index in [0.717, 1.165) is 39.1 Å². The Morgan fingerprint density at radius 2 is 1.63 bits per heavy atom. The summed E-state index contributed by atoms with van der Waals surface area (Å²) in [4.78, 5) is 17.1. The Balaban J connectivity index is 1.43. The highest BCUT2D eigenvalue weighted by molar-refractivity contribution is 5.77. The van der Waals surface area contributed by atoms with Gasteiger partial charge in [-0.2, -0.15) is 0 Å². The van der Waals surface area contributed by atoms with Gasteiger partial charge in [-0.05, 0) is 49.1 Å². The molecule has 0 radical (unpaired) electrons. The van der Waals surface area contributed by atoms with Crippen LogP contribution in [0.4, 0.5) is 0 Å². The van der Waals surface area contributed by atoms with Gasteiger partial charge in [0.2, 0.25) is 5.91 Å². The Morgan fingerprint density at radius 3 is 2.41 bits per heavy atom. The lowest BCUT2D eigenvalue weighted by Gasteiger charge is -2.48. The zero-order valence-corrected chi connectivity index (χ0v) is 15.8. The zero-order valence-electron chi connectivity index (χ0n) is 15.8. The monoisotopic (exact) mass is 364 g/mol. The van der Waals surface area contributed by atoms with E-state index in [-0.39, 0.29) is 5.41 Å². The Labute approximate surface area is 161 Å². The van der Waals surface area contributed by atoms with Crippen molar-refractivity contribution in [3.63, 3.8) is 0 Å². The van der Waals surface area contributed by atoms with Crippen LogP contribution < -0.4 is 0 Å². The van der Waals surface area contributed by atoms with Gasteiger partial charge in [-0.1, -0.05) is 42.5 Å². The molecule has 0 bridgehead atoms. The Morgan fingerprint density at radius 1 is 0.889 bits per heavy atom. The molecule has 2 saturated heterocycles. The van der Waals surface area contributed by atoms with Gasteiger partial charge in [0.25, 0.3) is 0 Å². The molecule has 4 nitrogen and oxygen atoms in total. The molecular weight excluding hydrogens is 336 g/mol. The predicted molar refractivity (Wildman–Crippen MR) is 106 cm³/mol. The lowest BCUT2D eigenvalue weighted by Crippen LogP contribution is -2.53. The van der Waals surface area contributed by atoms with Gasteiger partial charge in [0.05, 0.1) is 0 Å². The van der Waals surface area contributed by atoms with Crippen molar-refractivity contribution in [3.05, 3.63) is 65.7 Å². The first-order chi connectivity index (χ1) is 13.1. The second-order valence-electron chi connectivity index (χ2n) is 8.22. The van der Waals surface area contributed by atoms with Gasteiger partial charge >= 0.3 is 0 Å². The SMILES string of the molecule is O=C1CC[C@@]2(CCCN(Cc3ccc(O)cc3)C2)CN1Cc1ccccc1. The van der Waals surface area contributed by atoms with Gasteiger partial charge in [0, 0.05) is 38.0 Å². The minimum absolute atomic E-state index is 0.220. The van der Waals surface area contributed by atoms with Crippen molar-refractivity contribution >= 4 is 5.91 Å². The largest absolute Gasteiger partial charge is 0.508 e. The molecule has 0 aliphatic carbocycles. The fourth-order valence-corrected chi connectivity index (χ4v) is 4.69. The number of nitrogens with zero attached hydrogens (tertiary/aromatic N) is 2. The number of benzene rings is 2. The first-order valence-corrected chi connectivity index (χ1v) is 9.94. The molecule has 27 heavy (non-hydrogen) atoms. The molecule has 1 amide bonds. The number of hydrogen-bond donors (Lipinski definition) is 1. The van der Waals surface area contributed by atoms with E-state index in [0.29, 0.717) is 18.1 Å². The van der Waals surface area contributed by atoms with Crippen molar-refractivity contribution in [2.75, 3.05) is 19.6 Å². The maximum Gasteiger partial charge on any atom is 0.222 e. The van der Waals surface area contributed by atoms with E-state index >= 15 is 0 Å². The van der Waals surface area contributed by atoms with E-state index in [1.165, 1.54) is 24.0 Å². The molecule has 2 heterocycles. The number of hydrogen-bond acceptors (Lipinski definition) is 3. The van der Waals surface area contributed by atoms with E-state index in [9.17, 15) is 9.90 Å². The summed E-state index contributed by atoms with van der Waals surface area (Å²) in [5, 5.41) is 9.49. The quantitative estimate of drug-likeness (QED) is 0.897. The third-order valence-corrected chi connectivity index (χ3v) is 6.05. The van der Waals surface area contributed by atoms with E-state index in [4.69, 9.17) is 0 Å². The van der Waals surface area contributed by atoms with E-state index in [1.54, 1.807) is 12.1 Å². The van der Waals surface area contributed by atoms with Crippen LogP contribution in [0.2, 0.25) is 0 Å². The van der Waals surface area contributed by atoms with Gasteiger partial charge in [-0.3, -0.25) is 9.69 Å². The summed E-state index contributed by atoms with van der Waals surface area (Å²) in [6.45, 7) is 4.66. The van der Waals surface area contributed by atoms with Crippen LogP contribution in [0.15, 0.2) is 54.6 Å². The number of amides is 1. The summed E-state index contributed by atoms with van der Waals surface area (Å²) in [7, 11) is 0. The molecule has 1 N–H and O–H groups in total. The summed E-state index contributed by atoms with van der Waals surface area (Å²) >= 11 is 0. The van der Waals surface area contributed by atoms with Gasteiger partial charge in [0.15, 0.2) is 0 Å². The lowest BCUT2D eigenvalue weighted by atomic mass is 9.73. The molecule has 2 aromatic rings. The number of carbonyl (C=O) groups excluding carboxylic acids is 1. The van der Waals surface area contributed by atoms with Crippen molar-refractivity contribution in [2.24, 2.45) is 5.41 Å². The maximum absolute atomic E-state index is 12.5. The molecule has 1 spiro atoms. The van der Waals surface area contributed by atoms with Crippen LogP contribution in [0.3, 0.4) is 0 Å². The minimum Gasteiger partial charge on any atom is -0.508 e. The fourth-order valence-electron chi connectivity index (χ4n) is 4.69.